The van der Waals surface area contributed by atoms with E-state index in [-0.39, 0.29) is 44.6 Å². The van der Waals surface area contributed by atoms with E-state index in [9.17, 15) is 48.6 Å². The van der Waals surface area contributed by atoms with Gasteiger partial charge in [-0.15, -0.1) is 0 Å². The first-order valence-corrected chi connectivity index (χ1v) is 15.5. The van der Waals surface area contributed by atoms with Crippen molar-refractivity contribution in [2.24, 2.45) is 27.9 Å². The van der Waals surface area contributed by atoms with Crippen molar-refractivity contribution in [2.45, 2.75) is 88.0 Å². The minimum absolute atomic E-state index is 0.0346. The molecule has 0 spiro atoms. The van der Waals surface area contributed by atoms with E-state index in [2.05, 4.69) is 26.3 Å². The van der Waals surface area contributed by atoms with Gasteiger partial charge < -0.3 is 59.5 Å². The minimum Gasteiger partial charge on any atom is -0.481 e. The van der Waals surface area contributed by atoms with Crippen molar-refractivity contribution in [1.29, 1.82) is 0 Å². The van der Waals surface area contributed by atoms with Gasteiger partial charge in [0.05, 0.1) is 6.04 Å². The highest BCUT2D eigenvalue weighted by molar-refractivity contribution is 5.96. The number of nitrogens with one attached hydrogen (secondary N) is 4. The summed E-state index contributed by atoms with van der Waals surface area (Å²) >= 11 is 0. The van der Waals surface area contributed by atoms with E-state index in [1.54, 1.807) is 30.3 Å². The highest BCUT2D eigenvalue weighted by atomic mass is 16.4. The van der Waals surface area contributed by atoms with Crippen LogP contribution < -0.4 is 44.2 Å². The van der Waals surface area contributed by atoms with Crippen LogP contribution in [0.4, 0.5) is 0 Å². The highest BCUT2D eigenvalue weighted by Crippen LogP contribution is 2.09. The quantitative estimate of drug-likeness (QED) is 0.0284. The SMILES string of the molecule is NC(=O)CC[C@H](N)C(=O)N[C@@H](CCCN=C(N)N)C(=O)N[C@@H](Cc1ccccc1)C(=O)N[C@@H](CCC(=O)O)C(=O)N[C@@H](CCC(=O)O)C(=O)O. The van der Waals surface area contributed by atoms with Crippen LogP contribution in [0.1, 0.15) is 56.9 Å². The van der Waals surface area contributed by atoms with Gasteiger partial charge >= 0.3 is 17.9 Å². The molecule has 0 bridgehead atoms. The normalized spacial score (nSPS) is 13.6. The van der Waals surface area contributed by atoms with Gasteiger partial charge in [0.2, 0.25) is 29.5 Å². The van der Waals surface area contributed by atoms with E-state index >= 15 is 0 Å². The van der Waals surface area contributed by atoms with Crippen LogP contribution in [0.25, 0.3) is 0 Å². The second-order valence-electron chi connectivity index (χ2n) is 11.2. The first-order chi connectivity index (χ1) is 23.5. The molecule has 0 unspecified atom stereocenters. The van der Waals surface area contributed by atoms with Crippen molar-refractivity contribution < 1.29 is 53.7 Å². The Morgan fingerprint density at radius 2 is 1.10 bits per heavy atom. The molecule has 0 aliphatic carbocycles. The van der Waals surface area contributed by atoms with E-state index < -0.39 is 103 Å². The number of rotatable bonds is 24. The molecule has 15 N–H and O–H groups in total. The average Bonchev–Trinajstić information content (AvgIpc) is 3.04. The predicted octanol–water partition coefficient (Wildman–Crippen LogP) is -3.37. The molecule has 0 saturated carbocycles. The van der Waals surface area contributed by atoms with Gasteiger partial charge in [0.1, 0.15) is 24.2 Å². The summed E-state index contributed by atoms with van der Waals surface area (Å²) in [6, 6.07) is 1.12. The van der Waals surface area contributed by atoms with E-state index in [0.717, 1.165) is 0 Å². The van der Waals surface area contributed by atoms with Crippen molar-refractivity contribution in [3.05, 3.63) is 35.9 Å². The van der Waals surface area contributed by atoms with E-state index in [0.29, 0.717) is 5.56 Å². The first-order valence-electron chi connectivity index (χ1n) is 15.5. The third-order valence-corrected chi connectivity index (χ3v) is 7.07. The van der Waals surface area contributed by atoms with Crippen LogP contribution in [0.3, 0.4) is 0 Å². The number of carboxylic acids is 3. The number of carboxylic acid groups (broad SMARTS) is 3. The molecule has 1 rings (SSSR count). The van der Waals surface area contributed by atoms with Gasteiger partial charge in [0.15, 0.2) is 5.96 Å². The summed E-state index contributed by atoms with van der Waals surface area (Å²) in [4.78, 5) is 102. The van der Waals surface area contributed by atoms with Crippen molar-refractivity contribution in [2.75, 3.05) is 6.54 Å². The van der Waals surface area contributed by atoms with Gasteiger partial charge in [0, 0.05) is 32.2 Å². The Morgan fingerprint density at radius 3 is 1.62 bits per heavy atom. The molecule has 50 heavy (non-hydrogen) atoms. The molecule has 276 valence electrons. The molecule has 0 saturated heterocycles. The number of aliphatic imine (C=N–C) groups is 1. The van der Waals surface area contributed by atoms with Gasteiger partial charge in [-0.2, -0.15) is 0 Å². The van der Waals surface area contributed by atoms with Crippen LogP contribution in [0.15, 0.2) is 35.3 Å². The molecular formula is C30H45N9O11. The molecule has 1 aromatic carbocycles. The number of guanidine groups is 1. The zero-order valence-electron chi connectivity index (χ0n) is 27.2. The smallest absolute Gasteiger partial charge is 0.326 e. The Balaban J connectivity index is 3.34. The van der Waals surface area contributed by atoms with Gasteiger partial charge in [-0.1, -0.05) is 30.3 Å². The van der Waals surface area contributed by atoms with Gasteiger partial charge in [-0.3, -0.25) is 38.6 Å². The van der Waals surface area contributed by atoms with Crippen molar-refractivity contribution in [1.82, 2.24) is 21.3 Å². The number of primary amides is 1. The van der Waals surface area contributed by atoms with Crippen LogP contribution in [0.2, 0.25) is 0 Å². The molecule has 20 heteroatoms. The summed E-state index contributed by atoms with van der Waals surface area (Å²) in [6.45, 7) is 0.0772. The lowest BCUT2D eigenvalue weighted by Crippen LogP contribution is -2.59. The van der Waals surface area contributed by atoms with Crippen molar-refractivity contribution in [3.63, 3.8) is 0 Å². The molecule has 0 aliphatic rings. The summed E-state index contributed by atoms with van der Waals surface area (Å²) in [7, 11) is 0. The van der Waals surface area contributed by atoms with E-state index in [1.807, 2.05) is 0 Å². The molecule has 20 nitrogen and oxygen atoms in total. The number of benzene rings is 1. The Hall–Kier alpha value is -5.79. The summed E-state index contributed by atoms with van der Waals surface area (Å²) < 4.78 is 0. The fourth-order valence-electron chi connectivity index (χ4n) is 4.42. The Labute approximate surface area is 286 Å². The van der Waals surface area contributed by atoms with E-state index in [4.69, 9.17) is 28.0 Å². The highest BCUT2D eigenvalue weighted by Gasteiger charge is 2.32. The molecule has 0 fully saturated rings. The lowest BCUT2D eigenvalue weighted by atomic mass is 10.0. The fraction of sp³-hybridized carbons (Fsp3) is 0.500. The zero-order chi connectivity index (χ0) is 37.8. The van der Waals surface area contributed by atoms with Gasteiger partial charge in [-0.05, 0) is 37.7 Å². The van der Waals surface area contributed by atoms with Gasteiger partial charge in [0.25, 0.3) is 0 Å². The second kappa shape index (κ2) is 22.0. The van der Waals surface area contributed by atoms with Gasteiger partial charge in [-0.25, -0.2) is 4.79 Å². The second-order valence-corrected chi connectivity index (χ2v) is 11.2. The third-order valence-electron chi connectivity index (χ3n) is 7.07. The van der Waals surface area contributed by atoms with Crippen molar-refractivity contribution >= 4 is 53.4 Å². The maximum atomic E-state index is 13.7. The summed E-state index contributed by atoms with van der Waals surface area (Å²) in [5.41, 5.74) is 22.3. The molecule has 0 aromatic heterocycles. The minimum atomic E-state index is -1.67. The lowest BCUT2D eigenvalue weighted by Gasteiger charge is -2.26. The van der Waals surface area contributed by atoms with Crippen molar-refractivity contribution in [3.8, 4) is 0 Å². The first kappa shape index (κ1) is 42.2. The molecule has 1 aromatic rings. The summed E-state index contributed by atoms with van der Waals surface area (Å²) in [6.07, 6.45) is -2.51. The number of hydrogen-bond acceptors (Lipinski definition) is 10. The molecule has 0 heterocycles. The summed E-state index contributed by atoms with van der Waals surface area (Å²) in [5.74, 6) is -8.82. The molecule has 5 atom stereocenters. The monoisotopic (exact) mass is 707 g/mol. The number of hydrogen-bond donors (Lipinski definition) is 11. The predicted molar refractivity (Wildman–Crippen MR) is 176 cm³/mol. The maximum Gasteiger partial charge on any atom is 0.326 e. The largest absolute Gasteiger partial charge is 0.481 e. The maximum absolute atomic E-state index is 13.7. The number of aliphatic carboxylic acids is 3. The van der Waals surface area contributed by atoms with Crippen LogP contribution in [0.5, 0.6) is 0 Å². The average molecular weight is 708 g/mol. The zero-order valence-corrected chi connectivity index (χ0v) is 27.2. The topological polar surface area (TPSA) is 362 Å². The molecule has 0 aliphatic heterocycles. The number of nitrogens with two attached hydrogens (primary N) is 4. The molecule has 5 amide bonds. The Kier molecular flexibility index (Phi) is 18.5. The lowest BCUT2D eigenvalue weighted by molar-refractivity contribution is -0.144. The Morgan fingerprint density at radius 1 is 0.620 bits per heavy atom. The number of carbonyl (C=O) groups is 8. The van der Waals surface area contributed by atoms with Crippen LogP contribution >= 0.6 is 0 Å². The number of amides is 5. The van der Waals surface area contributed by atoms with Crippen LogP contribution in [-0.4, -0.2) is 105 Å². The standard InChI is InChI=1S/C30H45N9O11/c31-17(8-11-22(32)40)25(45)36-18(7-4-14-35-30(33)34)26(46)39-21(15-16-5-2-1-3-6-16)28(48)37-19(9-12-23(41)42)27(47)38-20(29(49)50)10-13-24(43)44/h1-3,5-6,17-21H,4,7-15,31H2,(H2,32,40)(H,36,45)(H,37,48)(H,38,47)(H,39,46)(H,41,42)(H,43,44)(H,49,50)(H4,33,34,35)/t17-,18-,19-,20-,21-/m0/s1. The Bertz CT molecular complexity index is 1390. The van der Waals surface area contributed by atoms with E-state index in [1.165, 1.54) is 0 Å². The molecular weight excluding hydrogens is 662 g/mol. The summed E-state index contributed by atoms with van der Waals surface area (Å²) in [5, 5.41) is 37.1. The van der Waals surface area contributed by atoms with Crippen LogP contribution in [0, 0.1) is 0 Å². The number of carbonyl (C=O) groups excluding carboxylic acids is 5. The molecule has 0 radical (unpaired) electrons. The third kappa shape index (κ3) is 17.4. The number of nitrogens with zero attached hydrogens (tertiary/aromatic N) is 1. The fourth-order valence-corrected chi connectivity index (χ4v) is 4.42. The van der Waals surface area contributed by atoms with Crippen LogP contribution in [-0.2, 0) is 44.8 Å².